The van der Waals surface area contributed by atoms with Gasteiger partial charge < -0.3 is 10.5 Å². The zero-order chi connectivity index (χ0) is 14.7. The Morgan fingerprint density at radius 1 is 1.52 bits per heavy atom. The van der Waals surface area contributed by atoms with Gasteiger partial charge in [-0.05, 0) is 42.6 Å². The second-order valence-corrected chi connectivity index (χ2v) is 5.87. The first kappa shape index (κ1) is 18.2. The number of hydrogen-bond donors (Lipinski definition) is 1. The number of methoxy groups -OCH3 is 1. The summed E-state index contributed by atoms with van der Waals surface area (Å²) in [6.07, 6.45) is 0.996. The highest BCUT2D eigenvalue weighted by atomic mass is 35.5. The maximum Gasteiger partial charge on any atom is 0.337 e. The number of carbonyl (C=O) groups excluding carboxylic acids is 1. The van der Waals surface area contributed by atoms with Crippen LogP contribution >= 0.6 is 24.0 Å². The number of rotatable bonds is 3. The van der Waals surface area contributed by atoms with Gasteiger partial charge >= 0.3 is 5.97 Å². The summed E-state index contributed by atoms with van der Waals surface area (Å²) >= 11 is 6.22. The smallest absolute Gasteiger partial charge is 0.337 e. The summed E-state index contributed by atoms with van der Waals surface area (Å²) in [7, 11) is 1.38. The number of nitrogens with zero attached hydrogens (tertiary/aromatic N) is 1. The number of hydrogen-bond acceptors (Lipinski definition) is 4. The Balaban J connectivity index is 0.00000220. The van der Waals surface area contributed by atoms with E-state index in [2.05, 4.69) is 11.8 Å². The predicted octanol–water partition coefficient (Wildman–Crippen LogP) is 2.72. The highest BCUT2D eigenvalue weighted by Crippen LogP contribution is 2.23. The average Bonchev–Trinajstić information content (AvgIpc) is 2.44. The zero-order valence-corrected chi connectivity index (χ0v) is 13.9. The van der Waals surface area contributed by atoms with Crippen molar-refractivity contribution in [2.75, 3.05) is 20.2 Å². The van der Waals surface area contributed by atoms with Crippen molar-refractivity contribution in [3.05, 3.63) is 34.3 Å². The van der Waals surface area contributed by atoms with Crippen LogP contribution in [0, 0.1) is 5.92 Å². The van der Waals surface area contributed by atoms with Gasteiger partial charge in [0, 0.05) is 24.2 Å². The van der Waals surface area contributed by atoms with Gasteiger partial charge in [-0.2, -0.15) is 0 Å². The van der Waals surface area contributed by atoms with Crippen molar-refractivity contribution in [3.8, 4) is 0 Å². The molecule has 0 aliphatic carbocycles. The van der Waals surface area contributed by atoms with E-state index in [1.54, 1.807) is 12.1 Å². The highest BCUT2D eigenvalue weighted by molar-refractivity contribution is 6.31. The molecule has 118 valence electrons. The molecule has 1 heterocycles. The maximum absolute atomic E-state index is 11.6. The minimum atomic E-state index is -0.336. The first-order valence-corrected chi connectivity index (χ1v) is 7.23. The van der Waals surface area contributed by atoms with Crippen LogP contribution in [0.5, 0.6) is 0 Å². The first-order chi connectivity index (χ1) is 9.51. The van der Waals surface area contributed by atoms with Crippen LogP contribution in [0.3, 0.4) is 0 Å². The Bertz CT molecular complexity index is 497. The number of esters is 1. The lowest BCUT2D eigenvalue weighted by atomic mass is 9.94. The van der Waals surface area contributed by atoms with Gasteiger partial charge in [-0.3, -0.25) is 4.90 Å². The van der Waals surface area contributed by atoms with Gasteiger partial charge in [0.2, 0.25) is 0 Å². The third-order valence-corrected chi connectivity index (χ3v) is 4.29. The Kier molecular flexibility index (Phi) is 6.94. The minimum Gasteiger partial charge on any atom is -0.465 e. The molecule has 1 aromatic rings. The number of halogens is 2. The molecule has 1 aliphatic heterocycles. The molecule has 2 atom stereocenters. The lowest BCUT2D eigenvalue weighted by Gasteiger charge is -2.35. The van der Waals surface area contributed by atoms with Crippen molar-refractivity contribution < 1.29 is 9.53 Å². The van der Waals surface area contributed by atoms with Gasteiger partial charge in [-0.15, -0.1) is 12.4 Å². The van der Waals surface area contributed by atoms with E-state index < -0.39 is 0 Å². The van der Waals surface area contributed by atoms with Crippen LogP contribution in [0.4, 0.5) is 0 Å². The van der Waals surface area contributed by atoms with Gasteiger partial charge in [0.05, 0.1) is 12.7 Å². The van der Waals surface area contributed by atoms with Crippen molar-refractivity contribution >= 4 is 30.0 Å². The molecule has 0 saturated carbocycles. The molecule has 1 aromatic carbocycles. The average molecular weight is 333 g/mol. The third-order valence-electron chi connectivity index (χ3n) is 3.92. The monoisotopic (exact) mass is 332 g/mol. The van der Waals surface area contributed by atoms with Crippen molar-refractivity contribution in [2.45, 2.75) is 25.9 Å². The van der Waals surface area contributed by atoms with Gasteiger partial charge in [0.25, 0.3) is 0 Å². The molecule has 1 aliphatic rings. The van der Waals surface area contributed by atoms with E-state index >= 15 is 0 Å². The van der Waals surface area contributed by atoms with Crippen LogP contribution in [0.1, 0.15) is 29.3 Å². The van der Waals surface area contributed by atoms with Crippen LogP contribution < -0.4 is 5.73 Å². The van der Waals surface area contributed by atoms with Crippen molar-refractivity contribution in [1.82, 2.24) is 4.90 Å². The predicted molar refractivity (Wildman–Crippen MR) is 87.1 cm³/mol. The van der Waals surface area contributed by atoms with Crippen LogP contribution in [-0.4, -0.2) is 37.1 Å². The number of ether oxygens (including phenoxy) is 1. The van der Waals surface area contributed by atoms with Gasteiger partial charge in [-0.25, -0.2) is 4.79 Å². The Morgan fingerprint density at radius 3 is 2.86 bits per heavy atom. The molecule has 2 rings (SSSR count). The molecule has 6 heteroatoms. The minimum absolute atomic E-state index is 0. The third kappa shape index (κ3) is 4.58. The Hall–Kier alpha value is -0.810. The summed E-state index contributed by atoms with van der Waals surface area (Å²) in [4.78, 5) is 13.9. The highest BCUT2D eigenvalue weighted by Gasteiger charge is 2.23. The number of carbonyl (C=O) groups is 1. The molecule has 0 radical (unpaired) electrons. The molecule has 1 saturated heterocycles. The molecule has 21 heavy (non-hydrogen) atoms. The lowest BCUT2D eigenvalue weighted by Crippen LogP contribution is -2.45. The molecule has 1 fully saturated rings. The quantitative estimate of drug-likeness (QED) is 0.864. The van der Waals surface area contributed by atoms with Crippen LogP contribution in [0.25, 0.3) is 0 Å². The topological polar surface area (TPSA) is 55.6 Å². The Labute approximate surface area is 137 Å². The van der Waals surface area contributed by atoms with E-state index in [0.29, 0.717) is 16.5 Å². The summed E-state index contributed by atoms with van der Waals surface area (Å²) in [6.45, 7) is 4.83. The largest absolute Gasteiger partial charge is 0.465 e. The molecule has 4 nitrogen and oxygen atoms in total. The molecule has 2 unspecified atom stereocenters. The fraction of sp³-hybridized carbons (Fsp3) is 0.533. The molecule has 2 N–H and O–H groups in total. The van der Waals surface area contributed by atoms with E-state index in [4.69, 9.17) is 22.1 Å². The lowest BCUT2D eigenvalue weighted by molar-refractivity contribution is 0.0600. The van der Waals surface area contributed by atoms with Crippen molar-refractivity contribution in [1.29, 1.82) is 0 Å². The number of nitrogens with two attached hydrogens (primary N) is 1. The molecule has 0 aromatic heterocycles. The van der Waals surface area contributed by atoms with E-state index in [1.807, 2.05) is 6.07 Å². The van der Waals surface area contributed by atoms with E-state index in [1.165, 1.54) is 7.11 Å². The molecular formula is C15H22Cl2N2O2. The summed E-state index contributed by atoms with van der Waals surface area (Å²) < 4.78 is 4.74. The van der Waals surface area contributed by atoms with E-state index in [9.17, 15) is 4.79 Å². The number of piperidine rings is 1. The number of benzene rings is 1. The summed E-state index contributed by atoms with van der Waals surface area (Å²) in [5.41, 5.74) is 7.52. The van der Waals surface area contributed by atoms with Gasteiger partial charge in [0.15, 0.2) is 0 Å². The fourth-order valence-electron chi connectivity index (χ4n) is 2.58. The molecule has 0 spiro atoms. The van der Waals surface area contributed by atoms with Gasteiger partial charge in [-0.1, -0.05) is 18.5 Å². The molecular weight excluding hydrogens is 311 g/mol. The normalized spacial score (nSPS) is 22.5. The fourth-order valence-corrected chi connectivity index (χ4v) is 2.75. The van der Waals surface area contributed by atoms with Crippen LogP contribution in [0.15, 0.2) is 18.2 Å². The van der Waals surface area contributed by atoms with Gasteiger partial charge in [0.1, 0.15) is 0 Å². The molecule has 0 bridgehead atoms. The van der Waals surface area contributed by atoms with E-state index in [-0.39, 0.29) is 24.4 Å². The second kappa shape index (κ2) is 7.99. The molecule has 0 amide bonds. The summed E-state index contributed by atoms with van der Waals surface area (Å²) in [6, 6.07) is 5.53. The van der Waals surface area contributed by atoms with Crippen molar-refractivity contribution in [3.63, 3.8) is 0 Å². The first-order valence-electron chi connectivity index (χ1n) is 6.86. The zero-order valence-electron chi connectivity index (χ0n) is 12.3. The van der Waals surface area contributed by atoms with E-state index in [0.717, 1.165) is 31.6 Å². The van der Waals surface area contributed by atoms with Crippen molar-refractivity contribution in [2.24, 2.45) is 11.7 Å². The van der Waals surface area contributed by atoms with Crippen LogP contribution in [0.2, 0.25) is 5.02 Å². The number of likely N-dealkylation sites (tertiary alicyclic amines) is 1. The summed E-state index contributed by atoms with van der Waals surface area (Å²) in [5.74, 6) is 0.142. The van der Waals surface area contributed by atoms with Crippen LogP contribution in [-0.2, 0) is 11.3 Å². The Morgan fingerprint density at radius 2 is 2.24 bits per heavy atom. The SMILES string of the molecule is COC(=O)c1ccc(Cl)c(CN2CCC(N)C(C)C2)c1.Cl. The summed E-state index contributed by atoms with van der Waals surface area (Å²) in [5, 5.41) is 0.681. The second-order valence-electron chi connectivity index (χ2n) is 5.46. The maximum atomic E-state index is 11.6. The standard InChI is InChI=1S/C15H21ClN2O2.ClH/c1-10-8-18(6-5-14(10)17)9-12-7-11(15(19)20-2)3-4-13(12)16;/h3-4,7,10,14H,5-6,8-9,17H2,1-2H3;1H.